The van der Waals surface area contributed by atoms with Gasteiger partial charge in [-0.15, -0.1) is 0 Å². The van der Waals surface area contributed by atoms with Crippen LogP contribution in [0.4, 0.5) is 0 Å². The molecule has 0 aliphatic rings. The van der Waals surface area contributed by atoms with Crippen LogP contribution in [0.1, 0.15) is 32.0 Å². The van der Waals surface area contributed by atoms with Crippen LogP contribution in [0.5, 0.6) is 0 Å². The third-order valence-electron chi connectivity index (χ3n) is 6.81. The number of fused-ring (bicyclic) bond motifs is 3. The van der Waals surface area contributed by atoms with Gasteiger partial charge >= 0.3 is 0 Å². The predicted molar refractivity (Wildman–Crippen MR) is 148 cm³/mol. The van der Waals surface area contributed by atoms with Crippen LogP contribution in [0.15, 0.2) is 115 Å². The van der Waals surface area contributed by atoms with Gasteiger partial charge in [-0.2, -0.15) is 4.40 Å². The van der Waals surface area contributed by atoms with E-state index in [1.807, 2.05) is 0 Å². The first-order valence-corrected chi connectivity index (χ1v) is 12.5. The first kappa shape index (κ1) is 22.2. The second-order valence-corrected chi connectivity index (χ2v) is 10.4. The molecule has 3 aromatic heterocycles. The molecule has 6 rings (SSSR count). The molecule has 0 radical (unpaired) electrons. The van der Waals surface area contributed by atoms with Gasteiger partial charge in [-0.3, -0.25) is 0 Å². The van der Waals surface area contributed by atoms with E-state index in [0.29, 0.717) is 0 Å². The molecule has 6 aromatic rings. The lowest BCUT2D eigenvalue weighted by Crippen LogP contribution is -2.34. The van der Waals surface area contributed by atoms with Gasteiger partial charge in [0.15, 0.2) is 5.52 Å². The third-order valence-corrected chi connectivity index (χ3v) is 6.81. The normalized spacial score (nSPS) is 11.9. The molecule has 0 atom stereocenters. The highest BCUT2D eigenvalue weighted by molar-refractivity contribution is 5.90. The molecule has 0 saturated carbocycles. The van der Waals surface area contributed by atoms with Crippen molar-refractivity contribution in [3.8, 4) is 22.4 Å². The van der Waals surface area contributed by atoms with Crippen molar-refractivity contribution in [2.75, 3.05) is 0 Å². The molecule has 3 nitrogen and oxygen atoms in total. The molecule has 0 amide bonds. The summed E-state index contributed by atoms with van der Waals surface area (Å²) in [5.41, 5.74) is 10.3. The van der Waals surface area contributed by atoms with Crippen molar-refractivity contribution in [3.63, 3.8) is 0 Å². The van der Waals surface area contributed by atoms with Gasteiger partial charge in [-0.1, -0.05) is 112 Å². The summed E-state index contributed by atoms with van der Waals surface area (Å²) < 4.78 is 4.77. The number of nitrogens with zero attached hydrogens (tertiary/aromatic N) is 3. The van der Waals surface area contributed by atoms with Gasteiger partial charge in [0, 0.05) is 28.7 Å². The van der Waals surface area contributed by atoms with Gasteiger partial charge in [0.25, 0.3) is 5.65 Å². The third kappa shape index (κ3) is 3.97. The van der Waals surface area contributed by atoms with Crippen molar-refractivity contribution in [1.82, 2.24) is 9.38 Å². The smallest absolute Gasteiger partial charge is 0.247 e. The Kier molecular flexibility index (Phi) is 5.41. The number of rotatable bonds is 4. The van der Waals surface area contributed by atoms with E-state index in [1.54, 1.807) is 0 Å². The molecular formula is C33H30N3+. The van der Waals surface area contributed by atoms with E-state index in [9.17, 15) is 0 Å². The van der Waals surface area contributed by atoms with Gasteiger partial charge in [0.2, 0.25) is 5.52 Å². The maximum absolute atomic E-state index is 5.29. The van der Waals surface area contributed by atoms with Gasteiger partial charge < -0.3 is 0 Å². The Bertz CT molecular complexity index is 1660. The quantitative estimate of drug-likeness (QED) is 0.246. The fourth-order valence-corrected chi connectivity index (χ4v) is 4.90. The zero-order valence-electron chi connectivity index (χ0n) is 21.0. The minimum Gasteiger partial charge on any atom is -0.247 e. The molecule has 0 unspecified atom stereocenters. The SMILES string of the molecule is CC(C)(C)c1cc2c(c(-c3ccccc3)n1)[n+](Cc1ccccc1)c1ccc(-c3ccccc3)cn21. The highest BCUT2D eigenvalue weighted by atomic mass is 15.1. The summed E-state index contributed by atoms with van der Waals surface area (Å²) in [5, 5.41) is 0. The maximum atomic E-state index is 5.29. The maximum Gasteiger partial charge on any atom is 0.287 e. The van der Waals surface area contributed by atoms with Crippen LogP contribution < -0.4 is 4.57 Å². The van der Waals surface area contributed by atoms with Crippen LogP contribution in [0.2, 0.25) is 0 Å². The topological polar surface area (TPSA) is 21.2 Å². The number of hydrogen-bond acceptors (Lipinski definition) is 1. The molecule has 36 heavy (non-hydrogen) atoms. The van der Waals surface area contributed by atoms with E-state index in [-0.39, 0.29) is 5.41 Å². The van der Waals surface area contributed by atoms with E-state index >= 15 is 0 Å². The molecule has 0 fully saturated rings. The highest BCUT2D eigenvalue weighted by Gasteiger charge is 2.28. The average molecular weight is 469 g/mol. The lowest BCUT2D eigenvalue weighted by Gasteiger charge is -2.18. The van der Waals surface area contributed by atoms with Crippen LogP contribution in [0, 0.1) is 0 Å². The lowest BCUT2D eigenvalue weighted by molar-refractivity contribution is -0.636. The number of pyridine rings is 2. The fraction of sp³-hybridized carbons (Fsp3) is 0.152. The molecule has 0 aliphatic carbocycles. The standard InChI is InChI=1S/C33H30N3/c1-33(2,3)29-21-28-32(31(34-29)26-17-11-6-12-18-26)36(22-24-13-7-4-8-14-24)30-20-19-27(23-35(28)30)25-15-9-5-10-16-25/h4-21,23H,22H2,1-3H3/q+1. The van der Waals surface area contributed by atoms with Gasteiger partial charge in [0.05, 0.1) is 5.69 Å². The molecule has 3 heteroatoms. The minimum atomic E-state index is -0.0802. The summed E-state index contributed by atoms with van der Waals surface area (Å²) in [5.74, 6) is 0. The molecule has 176 valence electrons. The number of imidazole rings is 1. The van der Waals surface area contributed by atoms with Crippen LogP contribution >= 0.6 is 0 Å². The predicted octanol–water partition coefficient (Wildman–Crippen LogP) is 7.45. The molecule has 0 spiro atoms. The Morgan fingerprint density at radius 3 is 1.94 bits per heavy atom. The summed E-state index contributed by atoms with van der Waals surface area (Å²) in [6, 6.07) is 38.6. The van der Waals surface area contributed by atoms with Crippen LogP contribution in [-0.2, 0) is 12.0 Å². The lowest BCUT2D eigenvalue weighted by atomic mass is 9.91. The number of benzene rings is 3. The fourth-order valence-electron chi connectivity index (χ4n) is 4.90. The second kappa shape index (κ2) is 8.76. The highest BCUT2D eigenvalue weighted by Crippen LogP contribution is 2.32. The Labute approximate surface area is 212 Å². The minimum absolute atomic E-state index is 0.0802. The Morgan fingerprint density at radius 1 is 0.694 bits per heavy atom. The van der Waals surface area contributed by atoms with Crippen LogP contribution in [-0.4, -0.2) is 9.38 Å². The Hall–Kier alpha value is -4.24. The van der Waals surface area contributed by atoms with E-state index in [1.165, 1.54) is 22.2 Å². The molecule has 0 aliphatic heterocycles. The Morgan fingerprint density at radius 2 is 1.31 bits per heavy atom. The summed E-state index contributed by atoms with van der Waals surface area (Å²) in [6.45, 7) is 7.48. The van der Waals surface area contributed by atoms with Crippen molar-refractivity contribution in [3.05, 3.63) is 127 Å². The molecule has 3 heterocycles. The largest absolute Gasteiger partial charge is 0.287 e. The second-order valence-electron chi connectivity index (χ2n) is 10.4. The van der Waals surface area contributed by atoms with Crippen LogP contribution in [0.3, 0.4) is 0 Å². The van der Waals surface area contributed by atoms with Crippen LogP contribution in [0.25, 0.3) is 39.1 Å². The van der Waals surface area contributed by atoms with E-state index in [2.05, 4.69) is 145 Å². The molecular weight excluding hydrogens is 438 g/mol. The molecule has 0 saturated heterocycles. The van der Waals surface area contributed by atoms with E-state index < -0.39 is 0 Å². The first-order valence-electron chi connectivity index (χ1n) is 12.5. The zero-order chi connectivity index (χ0) is 24.7. The van der Waals surface area contributed by atoms with E-state index in [0.717, 1.165) is 34.7 Å². The van der Waals surface area contributed by atoms with Gasteiger partial charge in [-0.25, -0.2) is 9.55 Å². The van der Waals surface area contributed by atoms with Gasteiger partial charge in [0.1, 0.15) is 18.4 Å². The van der Waals surface area contributed by atoms with Crippen molar-refractivity contribution >= 4 is 16.7 Å². The van der Waals surface area contributed by atoms with E-state index in [4.69, 9.17) is 4.98 Å². The van der Waals surface area contributed by atoms with Crippen molar-refractivity contribution in [1.29, 1.82) is 0 Å². The number of aromatic nitrogens is 3. The Balaban J connectivity index is 1.72. The summed E-state index contributed by atoms with van der Waals surface area (Å²) in [7, 11) is 0. The molecule has 0 N–H and O–H groups in total. The summed E-state index contributed by atoms with van der Waals surface area (Å²) in [4.78, 5) is 5.29. The average Bonchev–Trinajstić information content (AvgIpc) is 3.22. The zero-order valence-corrected chi connectivity index (χ0v) is 21.0. The summed E-state index contributed by atoms with van der Waals surface area (Å²) in [6.07, 6.45) is 2.27. The van der Waals surface area contributed by atoms with Crippen molar-refractivity contribution in [2.24, 2.45) is 0 Å². The number of hydrogen-bond donors (Lipinski definition) is 0. The van der Waals surface area contributed by atoms with Crippen molar-refractivity contribution in [2.45, 2.75) is 32.7 Å². The first-order chi connectivity index (χ1) is 17.5. The molecule has 3 aromatic carbocycles. The monoisotopic (exact) mass is 468 g/mol. The summed E-state index contributed by atoms with van der Waals surface area (Å²) >= 11 is 0. The molecule has 0 bridgehead atoms. The van der Waals surface area contributed by atoms with Crippen molar-refractivity contribution < 1.29 is 4.57 Å². The van der Waals surface area contributed by atoms with Gasteiger partial charge in [-0.05, 0) is 17.2 Å².